The molecule has 1 fully saturated rings. The van der Waals surface area contributed by atoms with E-state index in [0.717, 1.165) is 23.3 Å². The minimum atomic E-state index is -3.61. The van der Waals surface area contributed by atoms with Crippen molar-refractivity contribution in [3.63, 3.8) is 0 Å². The van der Waals surface area contributed by atoms with Crippen LogP contribution in [0.15, 0.2) is 57.8 Å². The molecule has 29 heavy (non-hydrogen) atoms. The van der Waals surface area contributed by atoms with E-state index in [4.69, 9.17) is 4.42 Å². The highest BCUT2D eigenvalue weighted by atomic mass is 32.2. The number of sulfonamides is 1. The fourth-order valence-electron chi connectivity index (χ4n) is 3.41. The molecule has 0 aliphatic carbocycles. The molecule has 0 unspecified atom stereocenters. The lowest BCUT2D eigenvalue weighted by molar-refractivity contribution is -0.918. The number of quaternary nitrogens is 1. The normalized spacial score (nSPS) is 16.2. The third-order valence-corrected chi connectivity index (χ3v) is 6.93. The number of rotatable bonds is 5. The van der Waals surface area contributed by atoms with E-state index in [-0.39, 0.29) is 4.90 Å². The Labute approximate surface area is 168 Å². The van der Waals surface area contributed by atoms with Crippen molar-refractivity contribution in [3.8, 4) is 11.5 Å². The molecule has 2 aromatic carbocycles. The van der Waals surface area contributed by atoms with Crippen molar-refractivity contribution in [2.75, 3.05) is 26.2 Å². The zero-order chi connectivity index (χ0) is 20.4. The van der Waals surface area contributed by atoms with Crippen LogP contribution >= 0.6 is 0 Å². The number of piperazine rings is 1. The lowest BCUT2D eigenvalue weighted by Gasteiger charge is -2.30. The lowest BCUT2D eigenvalue weighted by Crippen LogP contribution is -3.13. The van der Waals surface area contributed by atoms with Gasteiger partial charge in [-0.3, -0.25) is 0 Å². The molecule has 9 heteroatoms. The number of hydrogen-bond donors (Lipinski definition) is 1. The van der Waals surface area contributed by atoms with Crippen LogP contribution in [0.5, 0.6) is 0 Å². The summed E-state index contributed by atoms with van der Waals surface area (Å²) in [6.45, 7) is 4.57. The van der Waals surface area contributed by atoms with Crippen LogP contribution in [0.3, 0.4) is 0 Å². The molecule has 3 aromatic rings. The fraction of sp³-hybridized carbons (Fsp3) is 0.300. The molecule has 4 rings (SSSR count). The number of halogens is 1. The van der Waals surface area contributed by atoms with Crippen molar-refractivity contribution >= 4 is 10.0 Å². The molecular weight excluding hydrogens is 395 g/mol. The van der Waals surface area contributed by atoms with Crippen molar-refractivity contribution in [1.82, 2.24) is 14.5 Å². The van der Waals surface area contributed by atoms with Gasteiger partial charge in [-0.15, -0.1) is 10.2 Å². The van der Waals surface area contributed by atoms with Gasteiger partial charge < -0.3 is 9.32 Å². The maximum atomic E-state index is 13.1. The zero-order valence-electron chi connectivity index (χ0n) is 16.0. The van der Waals surface area contributed by atoms with Crippen LogP contribution in [0.25, 0.3) is 11.5 Å². The van der Waals surface area contributed by atoms with Crippen molar-refractivity contribution in [1.29, 1.82) is 0 Å². The quantitative estimate of drug-likeness (QED) is 0.676. The summed E-state index contributed by atoms with van der Waals surface area (Å²) in [6.07, 6.45) is 0. The predicted octanol–water partition coefficient (Wildman–Crippen LogP) is 1.27. The summed E-state index contributed by atoms with van der Waals surface area (Å²) in [5, 5.41) is 8.26. The summed E-state index contributed by atoms with van der Waals surface area (Å²) in [6, 6.07) is 12.8. The summed E-state index contributed by atoms with van der Waals surface area (Å²) < 4.78 is 45.7. The van der Waals surface area contributed by atoms with E-state index < -0.39 is 15.8 Å². The summed E-state index contributed by atoms with van der Waals surface area (Å²) in [7, 11) is -3.61. The van der Waals surface area contributed by atoms with Gasteiger partial charge in [-0.1, -0.05) is 17.7 Å². The van der Waals surface area contributed by atoms with Crippen molar-refractivity contribution in [2.45, 2.75) is 18.4 Å². The SMILES string of the molecule is Cc1cccc(-c2nnc(C[NH+]3CCN(S(=O)(=O)c4ccc(F)cc4)CC3)o2)c1. The molecule has 1 N–H and O–H groups in total. The molecule has 1 aliphatic rings. The minimum Gasteiger partial charge on any atom is -0.415 e. The van der Waals surface area contributed by atoms with Gasteiger partial charge in [-0.25, -0.2) is 12.8 Å². The van der Waals surface area contributed by atoms with Gasteiger partial charge >= 0.3 is 0 Å². The lowest BCUT2D eigenvalue weighted by atomic mass is 10.1. The Kier molecular flexibility index (Phi) is 5.44. The number of nitrogens with zero attached hydrogens (tertiary/aromatic N) is 3. The van der Waals surface area contributed by atoms with E-state index >= 15 is 0 Å². The van der Waals surface area contributed by atoms with Crippen molar-refractivity contribution in [2.24, 2.45) is 0 Å². The first-order valence-corrected chi connectivity index (χ1v) is 10.8. The maximum absolute atomic E-state index is 13.1. The fourth-order valence-corrected chi connectivity index (χ4v) is 4.85. The van der Waals surface area contributed by atoms with E-state index in [0.29, 0.717) is 44.5 Å². The minimum absolute atomic E-state index is 0.113. The third kappa shape index (κ3) is 4.36. The standard InChI is InChI=1S/C20H21FN4O3S/c1-15-3-2-4-16(13-15)20-23-22-19(28-20)14-24-9-11-25(12-10-24)29(26,27)18-7-5-17(21)6-8-18/h2-8,13H,9-12,14H2,1H3/p+1. The van der Waals surface area contributed by atoms with Gasteiger partial charge in [0.2, 0.25) is 15.9 Å². The monoisotopic (exact) mass is 417 g/mol. The first kappa shape index (κ1) is 19.7. The number of hydrogen-bond acceptors (Lipinski definition) is 5. The molecule has 152 valence electrons. The molecule has 1 aromatic heterocycles. The van der Waals surface area contributed by atoms with E-state index in [1.165, 1.54) is 21.3 Å². The number of nitrogens with one attached hydrogen (secondary N) is 1. The number of aryl methyl sites for hydroxylation is 1. The molecule has 0 bridgehead atoms. The predicted molar refractivity (Wildman–Crippen MR) is 104 cm³/mol. The van der Waals surface area contributed by atoms with Crippen molar-refractivity contribution in [3.05, 3.63) is 65.8 Å². The Morgan fingerprint density at radius 2 is 1.83 bits per heavy atom. The van der Waals surface area contributed by atoms with Gasteiger partial charge in [0, 0.05) is 5.56 Å². The van der Waals surface area contributed by atoms with Gasteiger partial charge in [-0.05, 0) is 43.3 Å². The summed E-state index contributed by atoms with van der Waals surface area (Å²) in [5.74, 6) is 0.565. The van der Waals surface area contributed by atoms with Gasteiger partial charge in [0.15, 0.2) is 6.54 Å². The van der Waals surface area contributed by atoms with Crippen LogP contribution < -0.4 is 4.90 Å². The first-order chi connectivity index (χ1) is 13.9. The third-order valence-electron chi connectivity index (χ3n) is 5.01. The zero-order valence-corrected chi connectivity index (χ0v) is 16.8. The Morgan fingerprint density at radius 1 is 1.10 bits per heavy atom. The van der Waals surface area contributed by atoms with Gasteiger partial charge in [0.1, 0.15) is 5.82 Å². The highest BCUT2D eigenvalue weighted by Crippen LogP contribution is 2.19. The van der Waals surface area contributed by atoms with E-state index in [9.17, 15) is 12.8 Å². The smallest absolute Gasteiger partial charge is 0.271 e. The summed E-state index contributed by atoms with van der Waals surface area (Å²) in [5.41, 5.74) is 2.00. The largest absolute Gasteiger partial charge is 0.415 e. The van der Waals surface area contributed by atoms with Crippen LogP contribution in [-0.4, -0.2) is 49.1 Å². The molecule has 0 radical (unpaired) electrons. The highest BCUT2D eigenvalue weighted by molar-refractivity contribution is 7.89. The molecule has 1 aliphatic heterocycles. The van der Waals surface area contributed by atoms with E-state index in [2.05, 4.69) is 10.2 Å². The molecule has 1 saturated heterocycles. The second-order valence-corrected chi connectivity index (χ2v) is 9.09. The molecule has 7 nitrogen and oxygen atoms in total. The van der Waals surface area contributed by atoms with E-state index in [1.807, 2.05) is 31.2 Å². The average molecular weight is 417 g/mol. The van der Waals surface area contributed by atoms with E-state index in [1.54, 1.807) is 0 Å². The second kappa shape index (κ2) is 8.02. The maximum Gasteiger partial charge on any atom is 0.271 e. The molecule has 0 spiro atoms. The Morgan fingerprint density at radius 3 is 2.52 bits per heavy atom. The van der Waals surface area contributed by atoms with Crippen LogP contribution in [0, 0.1) is 12.7 Å². The average Bonchev–Trinajstić information content (AvgIpc) is 3.17. The van der Waals surface area contributed by atoms with Crippen LogP contribution in [0.4, 0.5) is 4.39 Å². The van der Waals surface area contributed by atoms with Crippen LogP contribution in [0.1, 0.15) is 11.5 Å². The molecule has 2 heterocycles. The number of aromatic nitrogens is 2. The Balaban J connectivity index is 1.37. The molecule has 0 atom stereocenters. The van der Waals surface area contributed by atoms with Gasteiger partial charge in [0.05, 0.1) is 31.1 Å². The topological polar surface area (TPSA) is 80.7 Å². The summed E-state index contributed by atoms with van der Waals surface area (Å²) >= 11 is 0. The Bertz CT molecular complexity index is 1090. The first-order valence-electron chi connectivity index (χ1n) is 9.40. The van der Waals surface area contributed by atoms with Crippen molar-refractivity contribution < 1.29 is 22.1 Å². The molecule has 0 amide bonds. The highest BCUT2D eigenvalue weighted by Gasteiger charge is 2.31. The van der Waals surface area contributed by atoms with Gasteiger partial charge in [-0.2, -0.15) is 4.31 Å². The second-order valence-electron chi connectivity index (χ2n) is 7.16. The molecule has 0 saturated carbocycles. The Hall–Kier alpha value is -2.62. The van der Waals surface area contributed by atoms with Gasteiger partial charge in [0.25, 0.3) is 5.89 Å². The van der Waals surface area contributed by atoms with Crippen LogP contribution in [-0.2, 0) is 16.6 Å². The number of benzene rings is 2. The van der Waals surface area contributed by atoms with Crippen LogP contribution in [0.2, 0.25) is 0 Å². The summed E-state index contributed by atoms with van der Waals surface area (Å²) in [4.78, 5) is 1.29. The molecular formula is C20H22FN4O3S+.